The van der Waals surface area contributed by atoms with Crippen LogP contribution in [0, 0.1) is 0 Å². The van der Waals surface area contributed by atoms with Gasteiger partial charge in [-0.2, -0.15) is 0 Å². The predicted molar refractivity (Wildman–Crippen MR) is 74.6 cm³/mol. The zero-order chi connectivity index (χ0) is 14.7. The maximum Gasteiger partial charge on any atom is 0.286 e. The Kier molecular flexibility index (Phi) is 3.89. The van der Waals surface area contributed by atoms with Gasteiger partial charge in [-0.05, 0) is 5.56 Å². The highest BCUT2D eigenvalue weighted by Crippen LogP contribution is 2.29. The van der Waals surface area contributed by atoms with Crippen LogP contribution in [0.5, 0.6) is 0 Å². The van der Waals surface area contributed by atoms with E-state index in [2.05, 4.69) is 5.32 Å². The van der Waals surface area contributed by atoms with Crippen molar-refractivity contribution >= 4 is 11.8 Å². The normalized spacial score (nSPS) is 11.9. The van der Waals surface area contributed by atoms with E-state index in [9.17, 15) is 9.59 Å². The Morgan fingerprint density at radius 3 is 2.45 bits per heavy atom. The summed E-state index contributed by atoms with van der Waals surface area (Å²) in [4.78, 5) is 23.1. The second-order valence-corrected chi connectivity index (χ2v) is 4.46. The highest BCUT2D eigenvalue weighted by atomic mass is 16.4. The van der Waals surface area contributed by atoms with E-state index in [-0.39, 0.29) is 23.1 Å². The number of furan rings is 1. The fourth-order valence-electron chi connectivity index (χ4n) is 2.05. The molecule has 0 aliphatic rings. The second-order valence-electron chi connectivity index (χ2n) is 4.46. The minimum atomic E-state index is -0.610. The zero-order valence-electron chi connectivity index (χ0n) is 11.3. The summed E-state index contributed by atoms with van der Waals surface area (Å²) in [5.41, 5.74) is 6.57. The summed E-state index contributed by atoms with van der Waals surface area (Å²) in [6, 6.07) is 10.9. The van der Waals surface area contributed by atoms with E-state index >= 15 is 0 Å². The first-order chi connectivity index (χ1) is 9.54. The van der Waals surface area contributed by atoms with Crippen molar-refractivity contribution in [2.75, 3.05) is 7.05 Å². The number of nitrogens with one attached hydrogen (secondary N) is 1. The van der Waals surface area contributed by atoms with Crippen molar-refractivity contribution in [1.29, 1.82) is 0 Å². The van der Waals surface area contributed by atoms with Gasteiger partial charge in [-0.1, -0.05) is 37.3 Å². The molecule has 1 unspecified atom stereocenters. The lowest BCUT2D eigenvalue weighted by molar-refractivity contribution is 0.0932. The third-order valence-corrected chi connectivity index (χ3v) is 3.17. The maximum absolute atomic E-state index is 11.6. The van der Waals surface area contributed by atoms with Crippen LogP contribution in [-0.4, -0.2) is 18.9 Å². The van der Waals surface area contributed by atoms with Gasteiger partial charge in [0.2, 0.25) is 0 Å². The van der Waals surface area contributed by atoms with Crippen molar-refractivity contribution in [2.45, 2.75) is 12.8 Å². The Bertz CT molecular complexity index is 632. The summed E-state index contributed by atoms with van der Waals surface area (Å²) in [5, 5.41) is 2.45. The molecule has 1 aromatic carbocycles. The molecule has 2 amide bonds. The summed E-state index contributed by atoms with van der Waals surface area (Å²) in [6.45, 7) is 1.90. The third kappa shape index (κ3) is 2.56. The first-order valence-electron chi connectivity index (χ1n) is 6.25. The molecule has 1 atom stereocenters. The summed E-state index contributed by atoms with van der Waals surface area (Å²) in [5.74, 6) is -0.681. The average Bonchev–Trinajstić information content (AvgIpc) is 2.92. The average molecular weight is 272 g/mol. The topological polar surface area (TPSA) is 85.3 Å². The van der Waals surface area contributed by atoms with Crippen LogP contribution in [0.4, 0.5) is 0 Å². The fraction of sp³-hybridized carbons (Fsp3) is 0.200. The Hall–Kier alpha value is -2.56. The van der Waals surface area contributed by atoms with Gasteiger partial charge in [0, 0.05) is 19.0 Å². The molecule has 2 rings (SSSR count). The van der Waals surface area contributed by atoms with E-state index in [0.29, 0.717) is 5.76 Å². The van der Waals surface area contributed by atoms with E-state index in [1.54, 1.807) is 0 Å². The largest absolute Gasteiger partial charge is 0.454 e. The van der Waals surface area contributed by atoms with Gasteiger partial charge in [-0.3, -0.25) is 9.59 Å². The number of benzene rings is 1. The number of carbonyl (C=O) groups excluding carboxylic acids is 2. The number of hydrogen-bond acceptors (Lipinski definition) is 3. The quantitative estimate of drug-likeness (QED) is 0.891. The van der Waals surface area contributed by atoms with Gasteiger partial charge in [0.1, 0.15) is 5.76 Å². The summed E-state index contributed by atoms with van der Waals surface area (Å²) in [6.07, 6.45) is 0. The number of nitrogens with two attached hydrogens (primary N) is 1. The Morgan fingerprint density at radius 1 is 1.25 bits per heavy atom. The summed E-state index contributed by atoms with van der Waals surface area (Å²) >= 11 is 0. The van der Waals surface area contributed by atoms with Gasteiger partial charge < -0.3 is 15.5 Å². The lowest BCUT2D eigenvalue weighted by atomic mass is 9.96. The number of primary amides is 1. The molecule has 5 nitrogen and oxygen atoms in total. The number of carbonyl (C=O) groups is 2. The molecule has 0 bridgehead atoms. The lowest BCUT2D eigenvalue weighted by Crippen LogP contribution is -2.17. The van der Waals surface area contributed by atoms with Crippen LogP contribution in [0.2, 0.25) is 0 Å². The molecular formula is C15H16N2O3. The smallest absolute Gasteiger partial charge is 0.286 e. The van der Waals surface area contributed by atoms with E-state index in [0.717, 1.165) is 5.56 Å². The van der Waals surface area contributed by atoms with Crippen LogP contribution in [0.25, 0.3) is 0 Å². The molecule has 2 aromatic rings. The monoisotopic (exact) mass is 272 g/mol. The van der Waals surface area contributed by atoms with Crippen molar-refractivity contribution in [3.05, 3.63) is 59.0 Å². The molecular weight excluding hydrogens is 256 g/mol. The van der Waals surface area contributed by atoms with Crippen LogP contribution >= 0.6 is 0 Å². The molecule has 0 radical (unpaired) electrons. The van der Waals surface area contributed by atoms with Crippen molar-refractivity contribution in [2.24, 2.45) is 5.73 Å². The Balaban J connectivity index is 2.47. The molecule has 0 aliphatic carbocycles. The molecule has 0 fully saturated rings. The van der Waals surface area contributed by atoms with Crippen LogP contribution in [0.15, 0.2) is 40.8 Å². The maximum atomic E-state index is 11.6. The molecule has 0 spiro atoms. The van der Waals surface area contributed by atoms with Gasteiger partial charge in [0.25, 0.3) is 11.8 Å². The first kappa shape index (κ1) is 13.9. The van der Waals surface area contributed by atoms with Crippen molar-refractivity contribution in [1.82, 2.24) is 5.32 Å². The first-order valence-corrected chi connectivity index (χ1v) is 6.25. The molecule has 0 saturated heterocycles. The molecule has 20 heavy (non-hydrogen) atoms. The van der Waals surface area contributed by atoms with Crippen LogP contribution in [0.1, 0.15) is 45.1 Å². The molecule has 5 heteroatoms. The van der Waals surface area contributed by atoms with Gasteiger partial charge in [-0.15, -0.1) is 0 Å². The zero-order valence-corrected chi connectivity index (χ0v) is 11.3. The van der Waals surface area contributed by atoms with E-state index < -0.39 is 5.91 Å². The summed E-state index contributed by atoms with van der Waals surface area (Å²) in [7, 11) is 1.50. The highest BCUT2D eigenvalue weighted by Gasteiger charge is 2.24. The van der Waals surface area contributed by atoms with Crippen molar-refractivity contribution in [3.63, 3.8) is 0 Å². The van der Waals surface area contributed by atoms with Gasteiger partial charge in [-0.25, -0.2) is 0 Å². The second kappa shape index (κ2) is 5.61. The molecule has 0 saturated carbocycles. The minimum absolute atomic E-state index is 0.0825. The van der Waals surface area contributed by atoms with Crippen LogP contribution in [-0.2, 0) is 0 Å². The third-order valence-electron chi connectivity index (χ3n) is 3.17. The molecule has 0 aliphatic heterocycles. The molecule has 104 valence electrons. The number of rotatable bonds is 4. The predicted octanol–water partition coefficient (Wildman–Crippen LogP) is 1.89. The fourth-order valence-corrected chi connectivity index (χ4v) is 2.05. The standard InChI is InChI=1S/C15H16N2O3/c1-9(10-6-4-3-5-7-10)13-11(14(16)18)8-12(20-13)15(19)17-2/h3-9H,1-2H3,(H2,16,18)(H,17,19). The Morgan fingerprint density at radius 2 is 1.90 bits per heavy atom. The highest BCUT2D eigenvalue weighted by molar-refractivity contribution is 5.98. The number of amides is 2. The lowest BCUT2D eigenvalue weighted by Gasteiger charge is -2.10. The van der Waals surface area contributed by atoms with E-state index in [4.69, 9.17) is 10.2 Å². The number of hydrogen-bond donors (Lipinski definition) is 2. The van der Waals surface area contributed by atoms with E-state index in [1.165, 1.54) is 13.1 Å². The van der Waals surface area contributed by atoms with Gasteiger partial charge in [0.15, 0.2) is 5.76 Å². The summed E-state index contributed by atoms with van der Waals surface area (Å²) < 4.78 is 5.53. The Labute approximate surface area is 116 Å². The van der Waals surface area contributed by atoms with Crippen molar-refractivity contribution in [3.8, 4) is 0 Å². The minimum Gasteiger partial charge on any atom is -0.454 e. The van der Waals surface area contributed by atoms with Crippen LogP contribution in [0.3, 0.4) is 0 Å². The van der Waals surface area contributed by atoms with Gasteiger partial charge >= 0.3 is 0 Å². The SMILES string of the molecule is CNC(=O)c1cc(C(N)=O)c(C(C)c2ccccc2)o1. The van der Waals surface area contributed by atoms with Crippen molar-refractivity contribution < 1.29 is 14.0 Å². The van der Waals surface area contributed by atoms with Gasteiger partial charge in [0.05, 0.1) is 5.56 Å². The molecule has 3 N–H and O–H groups in total. The van der Waals surface area contributed by atoms with E-state index in [1.807, 2.05) is 37.3 Å². The molecule has 1 heterocycles. The molecule has 1 aromatic heterocycles. The van der Waals surface area contributed by atoms with Crippen LogP contribution < -0.4 is 11.1 Å².